The number of carboxylic acids is 1. The van der Waals surface area contributed by atoms with Crippen molar-refractivity contribution in [2.24, 2.45) is 5.92 Å². The lowest BCUT2D eigenvalue weighted by atomic mass is 9.82. The van der Waals surface area contributed by atoms with Gasteiger partial charge in [0.2, 0.25) is 5.91 Å². The summed E-state index contributed by atoms with van der Waals surface area (Å²) in [5.41, 5.74) is 4.46. The number of carboxylic acid groups (broad SMARTS) is 1. The van der Waals surface area contributed by atoms with Crippen molar-refractivity contribution in [2.75, 3.05) is 13.2 Å². The molecule has 2 aliphatic carbocycles. The van der Waals surface area contributed by atoms with Crippen molar-refractivity contribution in [2.45, 2.75) is 56.9 Å². The number of nitrogens with one attached hydrogen (secondary N) is 2. The summed E-state index contributed by atoms with van der Waals surface area (Å²) in [7, 11) is 0. The summed E-state index contributed by atoms with van der Waals surface area (Å²) in [6.45, 7) is 0.653. The van der Waals surface area contributed by atoms with Crippen LogP contribution in [0, 0.1) is 5.92 Å². The van der Waals surface area contributed by atoms with Gasteiger partial charge in [0.1, 0.15) is 12.6 Å². The van der Waals surface area contributed by atoms with Crippen LogP contribution in [0.5, 0.6) is 0 Å². The molecule has 1 fully saturated rings. The van der Waals surface area contributed by atoms with E-state index in [9.17, 15) is 14.4 Å². The van der Waals surface area contributed by atoms with Crippen molar-refractivity contribution in [3.8, 4) is 11.1 Å². The first-order chi connectivity index (χ1) is 16.5. The van der Waals surface area contributed by atoms with Gasteiger partial charge in [-0.3, -0.25) is 9.59 Å². The maximum atomic E-state index is 12.6. The van der Waals surface area contributed by atoms with Gasteiger partial charge in [-0.05, 0) is 47.4 Å². The minimum Gasteiger partial charge on any atom is -0.481 e. The van der Waals surface area contributed by atoms with Gasteiger partial charge in [-0.15, -0.1) is 0 Å². The van der Waals surface area contributed by atoms with Crippen molar-refractivity contribution in [1.29, 1.82) is 0 Å². The highest BCUT2D eigenvalue weighted by molar-refractivity contribution is 5.86. The number of ether oxygens (including phenoxy) is 1. The first-order valence-corrected chi connectivity index (χ1v) is 12.1. The molecule has 2 aromatic carbocycles. The highest BCUT2D eigenvalue weighted by Gasteiger charge is 2.30. The van der Waals surface area contributed by atoms with Crippen molar-refractivity contribution < 1.29 is 24.2 Å². The van der Waals surface area contributed by atoms with Crippen LogP contribution < -0.4 is 10.6 Å². The minimum absolute atomic E-state index is 0.00792. The lowest BCUT2D eigenvalue weighted by Gasteiger charge is -2.25. The van der Waals surface area contributed by atoms with E-state index >= 15 is 0 Å². The van der Waals surface area contributed by atoms with Gasteiger partial charge in [-0.25, -0.2) is 4.79 Å². The fraction of sp³-hybridized carbons (Fsp3) is 0.444. The topological polar surface area (TPSA) is 105 Å². The van der Waals surface area contributed by atoms with Crippen LogP contribution >= 0.6 is 0 Å². The Kier molecular flexibility index (Phi) is 7.83. The Morgan fingerprint density at radius 1 is 1.00 bits per heavy atom. The Balaban J connectivity index is 1.32. The van der Waals surface area contributed by atoms with Gasteiger partial charge in [0.15, 0.2) is 0 Å². The summed E-state index contributed by atoms with van der Waals surface area (Å²) in [5.74, 6) is -0.713. The van der Waals surface area contributed by atoms with Gasteiger partial charge >= 0.3 is 12.1 Å². The molecule has 0 heterocycles. The molecule has 7 heteroatoms. The van der Waals surface area contributed by atoms with Gasteiger partial charge in [0, 0.05) is 18.9 Å². The predicted octanol–water partition coefficient (Wildman–Crippen LogP) is 4.46. The first-order valence-electron chi connectivity index (χ1n) is 12.1. The smallest absolute Gasteiger partial charge is 0.407 e. The number of aliphatic carboxylic acids is 1. The van der Waals surface area contributed by atoms with Crippen LogP contribution in [0.2, 0.25) is 0 Å². The summed E-state index contributed by atoms with van der Waals surface area (Å²) in [6.07, 6.45) is 4.85. The fourth-order valence-electron chi connectivity index (χ4n) is 4.83. The molecule has 0 aromatic heterocycles. The molecule has 2 aromatic rings. The maximum absolute atomic E-state index is 12.6. The Labute approximate surface area is 199 Å². The van der Waals surface area contributed by atoms with Gasteiger partial charge in [0.25, 0.3) is 0 Å². The minimum atomic E-state index is -1.02. The van der Waals surface area contributed by atoms with Gasteiger partial charge in [-0.1, -0.05) is 67.8 Å². The van der Waals surface area contributed by atoms with Crippen LogP contribution in [0.3, 0.4) is 0 Å². The lowest BCUT2D eigenvalue weighted by Crippen LogP contribution is -2.47. The van der Waals surface area contributed by atoms with Crippen LogP contribution in [0.15, 0.2) is 48.5 Å². The molecule has 1 atom stereocenters. The summed E-state index contributed by atoms with van der Waals surface area (Å²) >= 11 is 0. The second kappa shape index (κ2) is 11.2. The van der Waals surface area contributed by atoms with Gasteiger partial charge in [-0.2, -0.15) is 0 Å². The van der Waals surface area contributed by atoms with E-state index in [0.29, 0.717) is 6.54 Å². The average molecular weight is 465 g/mol. The van der Waals surface area contributed by atoms with E-state index < -0.39 is 18.1 Å². The lowest BCUT2D eigenvalue weighted by molar-refractivity contribution is -0.137. The Bertz CT molecular complexity index is 988. The maximum Gasteiger partial charge on any atom is 0.407 e. The van der Waals surface area contributed by atoms with E-state index in [2.05, 4.69) is 22.8 Å². The molecule has 4 rings (SSSR count). The molecule has 180 valence electrons. The van der Waals surface area contributed by atoms with E-state index in [1.165, 1.54) is 19.3 Å². The number of benzene rings is 2. The van der Waals surface area contributed by atoms with Gasteiger partial charge in [0.05, 0.1) is 0 Å². The zero-order valence-electron chi connectivity index (χ0n) is 19.3. The van der Waals surface area contributed by atoms with E-state index in [0.717, 1.165) is 41.0 Å². The second-order valence-electron chi connectivity index (χ2n) is 9.19. The number of hydrogen-bond acceptors (Lipinski definition) is 4. The first kappa shape index (κ1) is 23.8. The summed E-state index contributed by atoms with van der Waals surface area (Å²) in [4.78, 5) is 36.3. The molecule has 1 unspecified atom stereocenters. The Morgan fingerprint density at radius 2 is 1.65 bits per heavy atom. The molecular weight excluding hydrogens is 432 g/mol. The van der Waals surface area contributed by atoms with Crippen LogP contribution in [0.25, 0.3) is 11.1 Å². The molecule has 1 saturated carbocycles. The highest BCUT2D eigenvalue weighted by atomic mass is 16.5. The molecular formula is C27H32N2O5. The zero-order valence-corrected chi connectivity index (χ0v) is 19.3. The van der Waals surface area contributed by atoms with Crippen LogP contribution in [-0.4, -0.2) is 42.3 Å². The predicted molar refractivity (Wildman–Crippen MR) is 128 cm³/mol. The average Bonchev–Trinajstić information content (AvgIpc) is 3.12. The molecule has 3 N–H and O–H groups in total. The molecule has 2 amide bonds. The normalized spacial score (nSPS) is 15.5. The zero-order chi connectivity index (χ0) is 23.9. The second-order valence-corrected chi connectivity index (χ2v) is 9.19. The third-order valence-electron chi connectivity index (χ3n) is 6.91. The standard InChI is InChI=1S/C27H32N2O5/c30-25(31)15-14-24(26(32)28-16-6-9-18-7-5-8-18)29-27(33)34-17-23-21-12-3-1-10-19(21)20-11-2-4-13-22(20)23/h1-4,10-13,18,23-24H,5-9,14-17H2,(H,28,32)(H,29,33)(H,30,31). The van der Waals surface area contributed by atoms with E-state index in [1.54, 1.807) is 0 Å². The molecule has 0 bridgehead atoms. The molecule has 0 spiro atoms. The number of alkyl carbamates (subject to hydrolysis) is 1. The van der Waals surface area contributed by atoms with E-state index in [4.69, 9.17) is 9.84 Å². The van der Waals surface area contributed by atoms with Crippen LogP contribution in [0.4, 0.5) is 4.79 Å². The number of amides is 2. The van der Waals surface area contributed by atoms with Crippen molar-refractivity contribution in [3.63, 3.8) is 0 Å². The van der Waals surface area contributed by atoms with E-state index in [1.807, 2.05) is 36.4 Å². The Hall–Kier alpha value is -3.35. The molecule has 0 saturated heterocycles. The van der Waals surface area contributed by atoms with Crippen LogP contribution in [-0.2, 0) is 14.3 Å². The van der Waals surface area contributed by atoms with Crippen molar-refractivity contribution in [3.05, 3.63) is 59.7 Å². The van der Waals surface area contributed by atoms with Crippen molar-refractivity contribution in [1.82, 2.24) is 10.6 Å². The highest BCUT2D eigenvalue weighted by Crippen LogP contribution is 2.44. The number of carbonyl (C=O) groups excluding carboxylic acids is 2. The fourth-order valence-corrected chi connectivity index (χ4v) is 4.83. The third kappa shape index (κ3) is 5.76. The number of carbonyl (C=O) groups is 3. The van der Waals surface area contributed by atoms with Crippen molar-refractivity contribution >= 4 is 18.0 Å². The summed E-state index contributed by atoms with van der Waals surface area (Å²) in [5, 5.41) is 14.5. The SMILES string of the molecule is O=C(O)CCC(NC(=O)OCC1c2ccccc2-c2ccccc21)C(=O)NCCCC1CCC1. The molecule has 7 nitrogen and oxygen atoms in total. The summed E-state index contributed by atoms with van der Waals surface area (Å²) < 4.78 is 5.53. The van der Waals surface area contributed by atoms with Gasteiger partial charge < -0.3 is 20.5 Å². The van der Waals surface area contributed by atoms with Crippen LogP contribution in [0.1, 0.15) is 62.0 Å². The molecule has 0 radical (unpaired) electrons. The number of fused-ring (bicyclic) bond motifs is 3. The van der Waals surface area contributed by atoms with E-state index in [-0.39, 0.29) is 31.3 Å². The third-order valence-corrected chi connectivity index (χ3v) is 6.91. The molecule has 0 aliphatic heterocycles. The largest absolute Gasteiger partial charge is 0.481 e. The number of hydrogen-bond donors (Lipinski definition) is 3. The summed E-state index contributed by atoms with van der Waals surface area (Å²) in [6, 6.07) is 15.2. The number of rotatable bonds is 11. The molecule has 34 heavy (non-hydrogen) atoms. The molecule has 2 aliphatic rings. The monoisotopic (exact) mass is 464 g/mol. The quantitative estimate of drug-likeness (QED) is 0.426. The Morgan fingerprint density at radius 3 is 2.24 bits per heavy atom.